The van der Waals surface area contributed by atoms with Crippen molar-refractivity contribution >= 4 is 40.2 Å². The van der Waals surface area contributed by atoms with Crippen LogP contribution in [0.25, 0.3) is 10.9 Å². The van der Waals surface area contributed by atoms with Gasteiger partial charge in [0.2, 0.25) is 11.7 Å². The minimum Gasteiger partial charge on any atom is -0.465 e. The van der Waals surface area contributed by atoms with Gasteiger partial charge >= 0.3 is 11.9 Å². The number of esters is 2. The van der Waals surface area contributed by atoms with E-state index >= 15 is 0 Å². The van der Waals surface area contributed by atoms with E-state index in [0.29, 0.717) is 16.5 Å². The van der Waals surface area contributed by atoms with Gasteiger partial charge in [-0.2, -0.15) is 0 Å². The molecule has 3 rings (SSSR count). The number of nitrogens with zero attached hydrogens (tertiary/aromatic N) is 1. The van der Waals surface area contributed by atoms with Gasteiger partial charge < -0.3 is 19.4 Å². The lowest BCUT2D eigenvalue weighted by molar-refractivity contribution is -0.143. The number of aromatic nitrogens is 1. The highest BCUT2D eigenvalue weighted by Gasteiger charge is 2.19. The van der Waals surface area contributed by atoms with Crippen LogP contribution < -0.4 is 5.32 Å². The first-order valence-electron chi connectivity index (χ1n) is 9.22. The summed E-state index contributed by atoms with van der Waals surface area (Å²) in [6.45, 7) is 0.367. The summed E-state index contributed by atoms with van der Waals surface area (Å²) in [6, 6.07) is 10.5. The lowest BCUT2D eigenvalue weighted by Gasteiger charge is -2.08. The van der Waals surface area contributed by atoms with Crippen LogP contribution >= 0.6 is 0 Å². The largest absolute Gasteiger partial charge is 0.465 e. The molecule has 0 aliphatic carbocycles. The van der Waals surface area contributed by atoms with Crippen LogP contribution in [-0.2, 0) is 25.6 Å². The first kappa shape index (κ1) is 21.7. The zero-order chi connectivity index (χ0) is 22.5. The molecule has 0 aliphatic heterocycles. The average Bonchev–Trinajstić information content (AvgIpc) is 3.09. The van der Waals surface area contributed by atoms with E-state index in [4.69, 9.17) is 9.47 Å². The molecule has 31 heavy (non-hydrogen) atoms. The molecule has 2 aromatic carbocycles. The molecule has 0 unspecified atom stereocenters. The molecule has 0 saturated heterocycles. The first-order chi connectivity index (χ1) is 14.8. The monoisotopic (exact) mass is 426 g/mol. The van der Waals surface area contributed by atoms with E-state index in [-0.39, 0.29) is 23.7 Å². The Bertz CT molecular complexity index is 1180. The number of rotatable bonds is 7. The van der Waals surface area contributed by atoms with E-state index in [1.165, 1.54) is 36.9 Å². The number of hydrogen-bond donors (Lipinski definition) is 1. The highest BCUT2D eigenvalue weighted by molar-refractivity contribution is 6.04. The van der Waals surface area contributed by atoms with Gasteiger partial charge in [-0.1, -0.05) is 18.2 Å². The van der Waals surface area contributed by atoms with E-state index in [2.05, 4.69) is 5.32 Å². The van der Waals surface area contributed by atoms with Gasteiger partial charge in [-0.3, -0.25) is 14.4 Å². The second-order valence-electron chi connectivity index (χ2n) is 6.64. The van der Waals surface area contributed by atoms with Crippen LogP contribution in [0.2, 0.25) is 0 Å². The average molecular weight is 426 g/mol. The van der Waals surface area contributed by atoms with Gasteiger partial charge in [0.25, 0.3) is 0 Å². The molecule has 9 heteroatoms. The van der Waals surface area contributed by atoms with Crippen LogP contribution in [0, 0.1) is 5.82 Å². The minimum atomic E-state index is -0.841. The third-order valence-electron chi connectivity index (χ3n) is 4.45. The van der Waals surface area contributed by atoms with Crippen LogP contribution in [0.15, 0.2) is 48.7 Å². The molecule has 1 aromatic heterocycles. The van der Waals surface area contributed by atoms with Crippen molar-refractivity contribution in [3.05, 3.63) is 65.6 Å². The number of ketones is 1. The van der Waals surface area contributed by atoms with E-state index in [0.717, 1.165) is 6.07 Å². The normalized spacial score (nSPS) is 10.5. The first-order valence-corrected chi connectivity index (χ1v) is 9.22. The van der Waals surface area contributed by atoms with E-state index in [1.54, 1.807) is 24.3 Å². The Labute approximate surface area is 176 Å². The van der Waals surface area contributed by atoms with Crippen molar-refractivity contribution in [1.29, 1.82) is 0 Å². The third-order valence-corrected chi connectivity index (χ3v) is 4.45. The quantitative estimate of drug-likeness (QED) is 0.460. The Kier molecular flexibility index (Phi) is 6.44. The van der Waals surface area contributed by atoms with Gasteiger partial charge in [-0.15, -0.1) is 0 Å². The smallest absolute Gasteiger partial charge is 0.340 e. The zero-order valence-corrected chi connectivity index (χ0v) is 16.8. The summed E-state index contributed by atoms with van der Waals surface area (Å²) < 4.78 is 25.4. The lowest BCUT2D eigenvalue weighted by Crippen LogP contribution is -2.19. The molecule has 8 nitrogen and oxygen atoms in total. The molecule has 0 radical (unpaired) electrons. The van der Waals surface area contributed by atoms with Gasteiger partial charge in [0.05, 0.1) is 18.2 Å². The Balaban J connectivity index is 1.68. The number of para-hydroxylation sites is 1. The van der Waals surface area contributed by atoms with Crippen molar-refractivity contribution < 1.29 is 33.0 Å². The number of carbonyl (C=O) groups is 4. The predicted molar refractivity (Wildman–Crippen MR) is 109 cm³/mol. The Morgan fingerprint density at radius 2 is 1.81 bits per heavy atom. The van der Waals surface area contributed by atoms with Gasteiger partial charge in [0, 0.05) is 29.7 Å². The van der Waals surface area contributed by atoms with Crippen molar-refractivity contribution in [3.63, 3.8) is 0 Å². The minimum absolute atomic E-state index is 0.208. The summed E-state index contributed by atoms with van der Waals surface area (Å²) in [4.78, 5) is 47.5. The highest BCUT2D eigenvalue weighted by Crippen LogP contribution is 2.22. The molecule has 3 aromatic rings. The summed E-state index contributed by atoms with van der Waals surface area (Å²) in [5.41, 5.74) is 0.856. The van der Waals surface area contributed by atoms with Gasteiger partial charge in [-0.05, 0) is 24.3 Å². The van der Waals surface area contributed by atoms with E-state index in [1.807, 2.05) is 0 Å². The molecule has 1 amide bonds. The Morgan fingerprint density at radius 1 is 1.06 bits per heavy atom. The number of benzene rings is 2. The number of halogens is 1. The molecular formula is C22H19FN2O6. The number of amides is 1. The molecule has 0 spiro atoms. The second kappa shape index (κ2) is 9.21. The standard InChI is InChI=1S/C22H19FN2O6/c1-13(26)24-14-7-8-16(18(23)9-14)20(27)12-31-21(28)11-25-10-17(22(29)30-2)15-5-3-4-6-19(15)25/h3-10H,11-12H2,1-2H3,(H,24,26). The summed E-state index contributed by atoms with van der Waals surface area (Å²) >= 11 is 0. The van der Waals surface area contributed by atoms with Crippen molar-refractivity contribution in [3.8, 4) is 0 Å². The van der Waals surface area contributed by atoms with Gasteiger partial charge in [0.15, 0.2) is 6.61 Å². The summed E-state index contributed by atoms with van der Waals surface area (Å²) in [6.07, 6.45) is 1.47. The lowest BCUT2D eigenvalue weighted by atomic mass is 10.1. The number of carbonyl (C=O) groups excluding carboxylic acids is 4. The maximum Gasteiger partial charge on any atom is 0.340 e. The van der Waals surface area contributed by atoms with Crippen LogP contribution in [0.4, 0.5) is 10.1 Å². The van der Waals surface area contributed by atoms with Crippen molar-refractivity contribution in [2.75, 3.05) is 19.0 Å². The van der Waals surface area contributed by atoms with E-state index in [9.17, 15) is 23.6 Å². The third kappa shape index (κ3) is 4.95. The second-order valence-corrected chi connectivity index (χ2v) is 6.64. The van der Waals surface area contributed by atoms with Crippen molar-refractivity contribution in [1.82, 2.24) is 4.57 Å². The number of hydrogen-bond acceptors (Lipinski definition) is 6. The molecule has 0 aliphatic rings. The topological polar surface area (TPSA) is 104 Å². The fraction of sp³-hybridized carbons (Fsp3) is 0.182. The molecular weight excluding hydrogens is 407 g/mol. The maximum absolute atomic E-state index is 14.1. The molecule has 0 fully saturated rings. The molecule has 160 valence electrons. The fourth-order valence-electron chi connectivity index (χ4n) is 3.08. The van der Waals surface area contributed by atoms with Crippen LogP contribution in [0.5, 0.6) is 0 Å². The number of nitrogens with one attached hydrogen (secondary N) is 1. The van der Waals surface area contributed by atoms with Crippen LogP contribution in [-0.4, -0.2) is 41.9 Å². The highest BCUT2D eigenvalue weighted by atomic mass is 19.1. The molecule has 0 bridgehead atoms. The summed E-state index contributed by atoms with van der Waals surface area (Å²) in [5.74, 6) is -3.22. The summed E-state index contributed by atoms with van der Waals surface area (Å²) in [7, 11) is 1.26. The number of fused-ring (bicyclic) bond motifs is 1. The molecule has 0 atom stereocenters. The van der Waals surface area contributed by atoms with Crippen molar-refractivity contribution in [2.45, 2.75) is 13.5 Å². The number of ether oxygens (including phenoxy) is 2. The van der Waals surface area contributed by atoms with Crippen LogP contribution in [0.1, 0.15) is 27.6 Å². The van der Waals surface area contributed by atoms with Crippen molar-refractivity contribution in [2.24, 2.45) is 0 Å². The maximum atomic E-state index is 14.1. The number of anilines is 1. The zero-order valence-electron chi connectivity index (χ0n) is 16.8. The Hall–Kier alpha value is -4.01. The Morgan fingerprint density at radius 3 is 2.48 bits per heavy atom. The summed E-state index contributed by atoms with van der Waals surface area (Å²) in [5, 5.41) is 3.02. The van der Waals surface area contributed by atoms with Crippen LogP contribution in [0.3, 0.4) is 0 Å². The molecule has 1 heterocycles. The van der Waals surface area contributed by atoms with Gasteiger partial charge in [0.1, 0.15) is 12.4 Å². The van der Waals surface area contributed by atoms with E-state index < -0.39 is 30.1 Å². The predicted octanol–water partition coefficient (Wildman–Crippen LogP) is 2.95. The molecule has 0 saturated carbocycles. The van der Waals surface area contributed by atoms with Gasteiger partial charge in [-0.25, -0.2) is 9.18 Å². The SMILES string of the molecule is COC(=O)c1cn(CC(=O)OCC(=O)c2ccc(NC(C)=O)cc2F)c2ccccc12. The molecule has 1 N–H and O–H groups in total. The number of methoxy groups -OCH3 is 1. The fourth-order valence-corrected chi connectivity index (χ4v) is 3.08. The number of Topliss-reactive ketones (excluding diaryl/α,β-unsaturated/α-hetero) is 1.